The van der Waals surface area contributed by atoms with E-state index in [0.717, 1.165) is 26.3 Å². The van der Waals surface area contributed by atoms with Gasteiger partial charge in [-0.2, -0.15) is 0 Å². The number of ether oxygens (including phenoxy) is 1. The Morgan fingerprint density at radius 1 is 1.23 bits per heavy atom. The van der Waals surface area contributed by atoms with E-state index in [1.165, 1.54) is 0 Å². The van der Waals surface area contributed by atoms with Crippen LogP contribution in [-0.2, 0) is 4.74 Å². The molecule has 1 atom stereocenters. The van der Waals surface area contributed by atoms with Crippen LogP contribution in [0.1, 0.15) is 27.7 Å². The van der Waals surface area contributed by atoms with E-state index in [1.807, 2.05) is 0 Å². The first-order valence-electron chi connectivity index (χ1n) is 5.08. The maximum atomic E-state index is 5.31. The summed E-state index contributed by atoms with van der Waals surface area (Å²) < 4.78 is 5.31. The normalized spacial score (nSPS) is 23.1. The molecule has 0 aromatic heterocycles. The van der Waals surface area contributed by atoms with E-state index in [1.54, 1.807) is 0 Å². The molecule has 1 N–H and O–H groups in total. The van der Waals surface area contributed by atoms with Crippen LogP contribution >= 0.6 is 0 Å². The molecule has 1 saturated heterocycles. The van der Waals surface area contributed by atoms with Gasteiger partial charge in [0.05, 0.1) is 19.4 Å². The second kappa shape index (κ2) is 4.40. The van der Waals surface area contributed by atoms with Crippen molar-refractivity contribution >= 4 is 0 Å². The number of hydrogen-bond acceptors (Lipinski definition) is 3. The minimum Gasteiger partial charge on any atom is -0.379 e. The highest BCUT2D eigenvalue weighted by Crippen LogP contribution is 2.06. The molecule has 1 aliphatic heterocycles. The van der Waals surface area contributed by atoms with Gasteiger partial charge < -0.3 is 4.74 Å². The monoisotopic (exact) mass is 186 g/mol. The summed E-state index contributed by atoms with van der Waals surface area (Å²) in [6, 6.07) is 0. The van der Waals surface area contributed by atoms with Gasteiger partial charge in [0.1, 0.15) is 0 Å². The molecule has 0 radical (unpaired) electrons. The predicted molar refractivity (Wildman–Crippen MR) is 54.7 cm³/mol. The van der Waals surface area contributed by atoms with E-state index in [-0.39, 0.29) is 5.54 Å². The second-order valence-electron chi connectivity index (χ2n) is 4.72. The van der Waals surface area contributed by atoms with Crippen LogP contribution in [0.3, 0.4) is 0 Å². The molecular weight excluding hydrogens is 164 g/mol. The van der Waals surface area contributed by atoms with Crippen molar-refractivity contribution in [2.45, 2.75) is 39.4 Å². The molecule has 0 bridgehead atoms. The molecule has 0 saturated carbocycles. The first-order valence-corrected chi connectivity index (χ1v) is 5.08. The van der Waals surface area contributed by atoms with E-state index in [0.29, 0.717) is 6.17 Å². The topological polar surface area (TPSA) is 24.5 Å². The van der Waals surface area contributed by atoms with Crippen molar-refractivity contribution in [2.75, 3.05) is 26.3 Å². The van der Waals surface area contributed by atoms with Crippen LogP contribution in [-0.4, -0.2) is 42.9 Å². The quantitative estimate of drug-likeness (QED) is 0.697. The van der Waals surface area contributed by atoms with Crippen LogP contribution in [0.4, 0.5) is 0 Å². The van der Waals surface area contributed by atoms with Crippen LogP contribution in [0.15, 0.2) is 0 Å². The lowest BCUT2D eigenvalue weighted by Crippen LogP contribution is -2.54. The first kappa shape index (κ1) is 11.0. The van der Waals surface area contributed by atoms with Crippen LogP contribution in [0.5, 0.6) is 0 Å². The van der Waals surface area contributed by atoms with Crippen molar-refractivity contribution in [3.63, 3.8) is 0 Å². The third-order valence-corrected chi connectivity index (χ3v) is 2.24. The summed E-state index contributed by atoms with van der Waals surface area (Å²) in [7, 11) is 0. The molecule has 3 nitrogen and oxygen atoms in total. The van der Waals surface area contributed by atoms with E-state index in [4.69, 9.17) is 4.74 Å². The highest BCUT2D eigenvalue weighted by molar-refractivity contribution is 4.77. The Morgan fingerprint density at radius 2 is 1.77 bits per heavy atom. The number of rotatable bonds is 2. The summed E-state index contributed by atoms with van der Waals surface area (Å²) in [5.41, 5.74) is 0.192. The average Bonchev–Trinajstić information content (AvgIpc) is 2.03. The second-order valence-corrected chi connectivity index (χ2v) is 4.72. The molecule has 1 heterocycles. The maximum absolute atomic E-state index is 5.31. The van der Waals surface area contributed by atoms with Gasteiger partial charge in [0, 0.05) is 18.6 Å². The van der Waals surface area contributed by atoms with Crippen LogP contribution < -0.4 is 5.32 Å². The van der Waals surface area contributed by atoms with E-state index >= 15 is 0 Å². The van der Waals surface area contributed by atoms with Gasteiger partial charge in [-0.1, -0.05) is 0 Å². The Kier molecular flexibility index (Phi) is 3.71. The van der Waals surface area contributed by atoms with Crippen molar-refractivity contribution < 1.29 is 4.74 Å². The summed E-state index contributed by atoms with van der Waals surface area (Å²) in [4.78, 5) is 2.43. The fourth-order valence-electron chi connectivity index (χ4n) is 1.68. The van der Waals surface area contributed by atoms with E-state index in [2.05, 4.69) is 37.9 Å². The third kappa shape index (κ3) is 4.07. The summed E-state index contributed by atoms with van der Waals surface area (Å²) in [6.07, 6.45) is 0.448. The SMILES string of the molecule is CC(NC(C)(C)C)N1CCOCC1. The largest absolute Gasteiger partial charge is 0.379 e. The lowest BCUT2D eigenvalue weighted by Gasteiger charge is -2.36. The molecule has 0 aromatic rings. The van der Waals surface area contributed by atoms with Crippen molar-refractivity contribution in [3.8, 4) is 0 Å². The molecule has 0 aliphatic carbocycles. The van der Waals surface area contributed by atoms with Gasteiger partial charge in [-0.15, -0.1) is 0 Å². The van der Waals surface area contributed by atoms with Crippen molar-refractivity contribution in [3.05, 3.63) is 0 Å². The summed E-state index contributed by atoms with van der Waals surface area (Å²) in [5.74, 6) is 0. The zero-order valence-electron chi connectivity index (χ0n) is 9.26. The molecule has 1 fully saturated rings. The maximum Gasteiger partial charge on any atom is 0.0594 e. The molecule has 1 unspecified atom stereocenters. The summed E-state index contributed by atoms with van der Waals surface area (Å²) in [5, 5.41) is 3.56. The van der Waals surface area contributed by atoms with Gasteiger partial charge >= 0.3 is 0 Å². The lowest BCUT2D eigenvalue weighted by molar-refractivity contribution is 0.00756. The fraction of sp³-hybridized carbons (Fsp3) is 1.00. The molecule has 13 heavy (non-hydrogen) atoms. The van der Waals surface area contributed by atoms with Crippen molar-refractivity contribution in [2.24, 2.45) is 0 Å². The standard InChI is InChI=1S/C10H22N2O/c1-9(11-10(2,3)4)12-5-7-13-8-6-12/h9,11H,5-8H2,1-4H3. The van der Waals surface area contributed by atoms with Gasteiger partial charge in [-0.05, 0) is 27.7 Å². The summed E-state index contributed by atoms with van der Waals surface area (Å²) >= 11 is 0. The minimum absolute atomic E-state index is 0.192. The number of nitrogens with one attached hydrogen (secondary N) is 1. The number of nitrogens with zero attached hydrogens (tertiary/aromatic N) is 1. The fourth-order valence-corrected chi connectivity index (χ4v) is 1.68. The van der Waals surface area contributed by atoms with Gasteiger partial charge in [0.2, 0.25) is 0 Å². The van der Waals surface area contributed by atoms with Gasteiger partial charge in [-0.3, -0.25) is 10.2 Å². The predicted octanol–water partition coefficient (Wildman–Crippen LogP) is 1.05. The smallest absolute Gasteiger partial charge is 0.0594 e. The minimum atomic E-state index is 0.192. The molecule has 0 spiro atoms. The Balaban J connectivity index is 2.33. The van der Waals surface area contributed by atoms with Crippen LogP contribution in [0, 0.1) is 0 Å². The molecule has 78 valence electrons. The highest BCUT2D eigenvalue weighted by Gasteiger charge is 2.20. The Labute approximate surface area is 81.4 Å². The average molecular weight is 186 g/mol. The van der Waals surface area contributed by atoms with Crippen LogP contribution in [0.25, 0.3) is 0 Å². The molecule has 3 heteroatoms. The Morgan fingerprint density at radius 3 is 2.23 bits per heavy atom. The van der Waals surface area contributed by atoms with Gasteiger partial charge in [0.25, 0.3) is 0 Å². The summed E-state index contributed by atoms with van der Waals surface area (Å²) in [6.45, 7) is 12.6. The van der Waals surface area contributed by atoms with Gasteiger partial charge in [-0.25, -0.2) is 0 Å². The molecule has 0 aromatic carbocycles. The third-order valence-electron chi connectivity index (χ3n) is 2.24. The zero-order chi connectivity index (χ0) is 9.90. The number of hydrogen-bond donors (Lipinski definition) is 1. The van der Waals surface area contributed by atoms with E-state index < -0.39 is 0 Å². The molecule has 0 amide bonds. The van der Waals surface area contributed by atoms with Crippen molar-refractivity contribution in [1.29, 1.82) is 0 Å². The first-order chi connectivity index (χ1) is 5.99. The van der Waals surface area contributed by atoms with Crippen LogP contribution in [0.2, 0.25) is 0 Å². The Hall–Kier alpha value is -0.120. The zero-order valence-corrected chi connectivity index (χ0v) is 9.26. The number of morpholine rings is 1. The molecule has 1 aliphatic rings. The van der Waals surface area contributed by atoms with E-state index in [9.17, 15) is 0 Å². The highest BCUT2D eigenvalue weighted by atomic mass is 16.5. The van der Waals surface area contributed by atoms with Crippen molar-refractivity contribution in [1.82, 2.24) is 10.2 Å². The molecule has 1 rings (SSSR count). The molecular formula is C10H22N2O. The lowest BCUT2D eigenvalue weighted by atomic mass is 10.1. The van der Waals surface area contributed by atoms with Gasteiger partial charge in [0.15, 0.2) is 0 Å². The Bertz CT molecular complexity index is 147.